The van der Waals surface area contributed by atoms with Gasteiger partial charge >= 0.3 is 0 Å². The number of amides is 1. The third kappa shape index (κ3) is 3.90. The van der Waals surface area contributed by atoms with Crippen molar-refractivity contribution in [3.05, 3.63) is 59.5 Å². The molecule has 1 saturated heterocycles. The van der Waals surface area contributed by atoms with Crippen LogP contribution in [-0.2, 0) is 17.8 Å². The van der Waals surface area contributed by atoms with Crippen LogP contribution in [0.3, 0.4) is 0 Å². The van der Waals surface area contributed by atoms with Crippen molar-refractivity contribution < 1.29 is 4.79 Å². The van der Waals surface area contributed by atoms with Crippen molar-refractivity contribution in [2.24, 2.45) is 0 Å². The van der Waals surface area contributed by atoms with E-state index in [0.29, 0.717) is 12.6 Å². The molecule has 2 aliphatic rings. The van der Waals surface area contributed by atoms with Gasteiger partial charge in [0.15, 0.2) is 0 Å². The molecule has 0 bridgehead atoms. The largest absolute Gasteiger partial charge is 0.338 e. The first kappa shape index (κ1) is 20.3. The van der Waals surface area contributed by atoms with Crippen LogP contribution in [0.15, 0.2) is 42.5 Å². The molecule has 0 atom stereocenters. The number of carbonyl (C=O) groups excluding carboxylic acids is 1. The zero-order valence-electron chi connectivity index (χ0n) is 17.4. The lowest BCUT2D eigenvalue weighted by atomic mass is 9.94. The summed E-state index contributed by atoms with van der Waals surface area (Å²) >= 11 is 0. The first-order chi connectivity index (χ1) is 13.5. The van der Waals surface area contributed by atoms with Gasteiger partial charge in [-0.3, -0.25) is 9.48 Å². The van der Waals surface area contributed by atoms with E-state index in [2.05, 4.69) is 37.0 Å². The topological polar surface area (TPSA) is 50.2 Å². The molecule has 5 nitrogen and oxygen atoms in total. The highest BCUT2D eigenvalue weighted by Crippen LogP contribution is 2.35. The van der Waals surface area contributed by atoms with Gasteiger partial charge in [-0.25, -0.2) is 0 Å². The molecular formula is C23H32N4O. The highest BCUT2D eigenvalue weighted by atomic mass is 16.2. The van der Waals surface area contributed by atoms with Gasteiger partial charge in [0.1, 0.15) is 0 Å². The third-order valence-electron chi connectivity index (χ3n) is 6.03. The summed E-state index contributed by atoms with van der Waals surface area (Å²) in [5.74, 6) is 0.120. The second-order valence-corrected chi connectivity index (χ2v) is 7.72. The number of hydrogen-bond donors (Lipinski definition) is 1. The predicted octanol–water partition coefficient (Wildman–Crippen LogP) is 3.80. The SMILES string of the molecule is C=C/C=C(\C(C)=C(/C)C=C)c1nn(C2CCNCC2)c2c1CN(C(C)=O)CC2. The molecule has 0 aliphatic carbocycles. The number of nitrogens with zero attached hydrogens (tertiary/aromatic N) is 3. The molecule has 5 heteroatoms. The maximum atomic E-state index is 12.0. The average molecular weight is 381 g/mol. The van der Waals surface area contributed by atoms with Crippen molar-refractivity contribution in [1.29, 1.82) is 0 Å². The lowest BCUT2D eigenvalue weighted by Crippen LogP contribution is -2.36. The monoisotopic (exact) mass is 380 g/mol. The Morgan fingerprint density at radius 3 is 2.54 bits per heavy atom. The van der Waals surface area contributed by atoms with Crippen molar-refractivity contribution in [1.82, 2.24) is 20.0 Å². The molecule has 150 valence electrons. The minimum absolute atomic E-state index is 0.120. The molecule has 3 heterocycles. The summed E-state index contributed by atoms with van der Waals surface area (Å²) in [5, 5.41) is 8.57. The molecule has 0 radical (unpaired) electrons. The Morgan fingerprint density at radius 2 is 1.93 bits per heavy atom. The molecule has 1 fully saturated rings. The fourth-order valence-electron chi connectivity index (χ4n) is 4.15. The van der Waals surface area contributed by atoms with E-state index in [9.17, 15) is 4.79 Å². The fraction of sp³-hybridized carbons (Fsp3) is 0.478. The van der Waals surface area contributed by atoms with Gasteiger partial charge in [-0.1, -0.05) is 31.4 Å². The Kier molecular flexibility index (Phi) is 6.35. The van der Waals surface area contributed by atoms with E-state index in [0.717, 1.165) is 61.3 Å². The summed E-state index contributed by atoms with van der Waals surface area (Å²) < 4.78 is 2.26. The van der Waals surface area contributed by atoms with Crippen LogP contribution in [0.25, 0.3) is 5.57 Å². The van der Waals surface area contributed by atoms with E-state index in [4.69, 9.17) is 5.10 Å². The second kappa shape index (κ2) is 8.74. The lowest BCUT2D eigenvalue weighted by molar-refractivity contribution is -0.129. The summed E-state index contributed by atoms with van der Waals surface area (Å²) in [7, 11) is 0. The molecule has 3 rings (SSSR count). The summed E-state index contributed by atoms with van der Waals surface area (Å²) in [6.07, 6.45) is 8.76. The summed E-state index contributed by atoms with van der Waals surface area (Å²) in [4.78, 5) is 14.0. The van der Waals surface area contributed by atoms with E-state index in [1.165, 1.54) is 11.3 Å². The van der Waals surface area contributed by atoms with Gasteiger partial charge in [-0.15, -0.1) is 0 Å². The Labute approximate surface area is 168 Å². The van der Waals surface area contributed by atoms with Gasteiger partial charge in [0.05, 0.1) is 11.7 Å². The second-order valence-electron chi connectivity index (χ2n) is 7.72. The number of piperidine rings is 1. The summed E-state index contributed by atoms with van der Waals surface area (Å²) in [6, 6.07) is 0.419. The number of aromatic nitrogens is 2. The van der Waals surface area contributed by atoms with Crippen LogP contribution in [0.5, 0.6) is 0 Å². The minimum atomic E-state index is 0.120. The van der Waals surface area contributed by atoms with Crippen LogP contribution in [0.2, 0.25) is 0 Å². The average Bonchev–Trinajstić information content (AvgIpc) is 3.10. The third-order valence-corrected chi connectivity index (χ3v) is 6.03. The molecular weight excluding hydrogens is 348 g/mol. The van der Waals surface area contributed by atoms with Gasteiger partial charge in [0, 0.05) is 43.3 Å². The predicted molar refractivity (Wildman–Crippen MR) is 115 cm³/mol. The zero-order valence-corrected chi connectivity index (χ0v) is 17.4. The number of hydrogen-bond acceptors (Lipinski definition) is 3. The van der Waals surface area contributed by atoms with Gasteiger partial charge in [-0.05, 0) is 50.9 Å². The standard InChI is InChI=1S/C23H32N4O/c1-6-8-20(17(4)16(3)7-2)23-21-15-26(18(5)28)14-11-22(21)27(25-23)19-9-12-24-13-10-19/h6-8,19,24H,1-2,9-15H2,3-5H3/b17-16+,20-8+. The van der Waals surface area contributed by atoms with Crippen molar-refractivity contribution >= 4 is 11.5 Å². The van der Waals surface area contributed by atoms with Crippen LogP contribution < -0.4 is 5.32 Å². The lowest BCUT2D eigenvalue weighted by Gasteiger charge is -2.29. The number of rotatable bonds is 5. The normalized spacial score (nSPS) is 19.1. The van der Waals surface area contributed by atoms with E-state index < -0.39 is 0 Å². The van der Waals surface area contributed by atoms with Gasteiger partial charge in [0.2, 0.25) is 5.91 Å². The Bertz CT molecular complexity index is 837. The van der Waals surface area contributed by atoms with E-state index in [-0.39, 0.29) is 5.91 Å². The van der Waals surface area contributed by atoms with Crippen LogP contribution in [0, 0.1) is 0 Å². The number of fused-ring (bicyclic) bond motifs is 1. The maximum absolute atomic E-state index is 12.0. The van der Waals surface area contributed by atoms with Gasteiger partial charge < -0.3 is 10.2 Å². The smallest absolute Gasteiger partial charge is 0.219 e. The van der Waals surface area contributed by atoms with E-state index in [1.54, 1.807) is 6.92 Å². The quantitative estimate of drug-likeness (QED) is 0.791. The molecule has 1 N–H and O–H groups in total. The van der Waals surface area contributed by atoms with Crippen molar-refractivity contribution in [2.45, 2.75) is 52.6 Å². The molecule has 0 unspecified atom stereocenters. The van der Waals surface area contributed by atoms with Crippen LogP contribution >= 0.6 is 0 Å². The van der Waals surface area contributed by atoms with Crippen molar-refractivity contribution in [3.63, 3.8) is 0 Å². The minimum Gasteiger partial charge on any atom is -0.338 e. The molecule has 0 aromatic carbocycles. The summed E-state index contributed by atoms with van der Waals surface area (Å²) in [6.45, 7) is 17.1. The molecule has 1 aromatic heterocycles. The number of allylic oxidation sites excluding steroid dienone is 6. The molecule has 0 spiro atoms. The van der Waals surface area contributed by atoms with Crippen LogP contribution in [-0.4, -0.2) is 40.2 Å². The summed E-state index contributed by atoms with van der Waals surface area (Å²) in [5.41, 5.74) is 6.80. The van der Waals surface area contributed by atoms with Crippen molar-refractivity contribution in [2.75, 3.05) is 19.6 Å². The molecule has 1 amide bonds. The van der Waals surface area contributed by atoms with Crippen LogP contribution in [0.4, 0.5) is 0 Å². The first-order valence-corrected chi connectivity index (χ1v) is 10.2. The number of nitrogens with one attached hydrogen (secondary N) is 1. The van der Waals surface area contributed by atoms with Crippen molar-refractivity contribution in [3.8, 4) is 0 Å². The van der Waals surface area contributed by atoms with Crippen LogP contribution in [0.1, 0.15) is 56.6 Å². The van der Waals surface area contributed by atoms with E-state index >= 15 is 0 Å². The van der Waals surface area contributed by atoms with Gasteiger partial charge in [0.25, 0.3) is 0 Å². The Balaban J connectivity index is 2.15. The molecule has 28 heavy (non-hydrogen) atoms. The first-order valence-electron chi connectivity index (χ1n) is 10.2. The Morgan fingerprint density at radius 1 is 1.21 bits per heavy atom. The molecule has 2 aliphatic heterocycles. The molecule has 0 saturated carbocycles. The zero-order chi connectivity index (χ0) is 20.3. The maximum Gasteiger partial charge on any atom is 0.219 e. The van der Waals surface area contributed by atoms with E-state index in [1.807, 2.05) is 23.1 Å². The molecule has 1 aromatic rings. The highest BCUT2D eigenvalue weighted by molar-refractivity contribution is 5.81. The fourth-order valence-corrected chi connectivity index (χ4v) is 4.15. The van der Waals surface area contributed by atoms with Gasteiger partial charge in [-0.2, -0.15) is 5.10 Å². The highest BCUT2D eigenvalue weighted by Gasteiger charge is 2.30. The Hall–Kier alpha value is -2.40. The number of carbonyl (C=O) groups is 1.